The van der Waals surface area contributed by atoms with Gasteiger partial charge >= 0.3 is 12.2 Å². The molecule has 0 aromatic heterocycles. The van der Waals surface area contributed by atoms with E-state index in [1.807, 2.05) is 0 Å². The number of aliphatic hydroxyl groups excluding tert-OH is 2. The molecule has 0 atom stereocenters. The first kappa shape index (κ1) is 42.5. The van der Waals surface area contributed by atoms with E-state index in [2.05, 4.69) is 20.6 Å². The summed E-state index contributed by atoms with van der Waals surface area (Å²) in [5.74, 6) is 6.11. The average Bonchev–Trinajstić information content (AvgIpc) is 2.99. The SMILES string of the molecule is O=C(NCSCCSC/N=C\OOCSCSCO)OCSCOO/C=N\CSCCSCNC(=O)OSCSCO. The van der Waals surface area contributed by atoms with E-state index in [4.69, 9.17) is 38.7 Å². The molecule has 0 aliphatic carbocycles. The zero-order valence-electron chi connectivity index (χ0n) is 22.5. The van der Waals surface area contributed by atoms with Gasteiger partial charge in [0.05, 0.1) is 52.5 Å². The maximum Gasteiger partial charge on any atom is 0.420 e. The van der Waals surface area contributed by atoms with Gasteiger partial charge in [-0.1, -0.05) is 11.8 Å². The normalized spacial score (nSPS) is 11.2. The maximum absolute atomic E-state index is 11.6. The lowest BCUT2D eigenvalue weighted by atomic mass is 11.0. The number of amides is 2. The van der Waals surface area contributed by atoms with Crippen LogP contribution < -0.4 is 10.6 Å². The Labute approximate surface area is 284 Å². The molecule has 0 aromatic rings. The Morgan fingerprint density at radius 1 is 0.643 bits per heavy atom. The van der Waals surface area contributed by atoms with Gasteiger partial charge in [-0.25, -0.2) is 19.6 Å². The molecule has 0 saturated heterocycles. The fraction of sp³-hybridized carbons (Fsp3) is 0.789. The molecule has 14 nitrogen and oxygen atoms in total. The molecule has 0 fully saturated rings. The molecule has 0 radical (unpaired) electrons. The molecular weight excluding hydrogens is 733 g/mol. The molecule has 0 aromatic carbocycles. The van der Waals surface area contributed by atoms with Crippen LogP contribution in [0.3, 0.4) is 0 Å². The van der Waals surface area contributed by atoms with Crippen molar-refractivity contribution in [2.75, 3.05) is 86.4 Å². The molecule has 0 rings (SSSR count). The Kier molecular flexibility index (Phi) is 38.1. The zero-order valence-corrected chi connectivity index (χ0v) is 29.8. The molecule has 246 valence electrons. The van der Waals surface area contributed by atoms with Crippen molar-refractivity contribution in [1.82, 2.24) is 10.6 Å². The first-order chi connectivity index (χ1) is 20.7. The van der Waals surface area contributed by atoms with Crippen molar-refractivity contribution in [2.24, 2.45) is 9.98 Å². The Morgan fingerprint density at radius 2 is 1.19 bits per heavy atom. The summed E-state index contributed by atoms with van der Waals surface area (Å²) < 4.78 is 9.87. The highest BCUT2D eigenvalue weighted by atomic mass is 32.2. The van der Waals surface area contributed by atoms with Crippen LogP contribution in [-0.2, 0) is 28.5 Å². The van der Waals surface area contributed by atoms with Gasteiger partial charge in [-0.2, -0.15) is 9.78 Å². The highest BCUT2D eigenvalue weighted by Gasteiger charge is 2.02. The monoisotopic (exact) mass is 768 g/mol. The van der Waals surface area contributed by atoms with Crippen LogP contribution >= 0.6 is 106 Å². The minimum absolute atomic E-state index is 0.00599. The number of hydrogen-bond acceptors (Lipinski definition) is 21. The van der Waals surface area contributed by atoms with Crippen LogP contribution in [0.15, 0.2) is 9.98 Å². The van der Waals surface area contributed by atoms with Gasteiger partial charge in [-0.15, -0.1) is 82.3 Å². The molecule has 42 heavy (non-hydrogen) atoms. The van der Waals surface area contributed by atoms with E-state index in [0.717, 1.165) is 40.1 Å². The van der Waals surface area contributed by atoms with E-state index < -0.39 is 12.2 Å². The number of carbonyl (C=O) groups excluding carboxylic acids is 2. The number of ether oxygens (including phenoxy) is 1. The third-order valence-corrected chi connectivity index (χ3v) is 10.9. The molecular formula is C19H36N4O10S9. The molecule has 0 spiro atoms. The predicted octanol–water partition coefficient (Wildman–Crippen LogP) is 4.42. The fourth-order valence-corrected chi connectivity index (χ4v) is 7.31. The summed E-state index contributed by atoms with van der Waals surface area (Å²) in [5, 5.41) is 23.7. The van der Waals surface area contributed by atoms with Crippen LogP contribution in [0.25, 0.3) is 0 Å². The van der Waals surface area contributed by atoms with Crippen molar-refractivity contribution in [3.05, 3.63) is 0 Å². The van der Waals surface area contributed by atoms with Crippen molar-refractivity contribution >= 4 is 131 Å². The molecule has 23 heteroatoms. The summed E-state index contributed by atoms with van der Waals surface area (Å²) >= 11 is 12.7. The molecule has 0 heterocycles. The second-order valence-corrected chi connectivity index (χ2v) is 15.6. The first-order valence-electron chi connectivity index (χ1n) is 11.5. The number of hydrogen-bond donors (Lipinski definition) is 4. The molecule has 0 aliphatic heterocycles. The van der Waals surface area contributed by atoms with Gasteiger partial charge < -0.3 is 39.5 Å². The van der Waals surface area contributed by atoms with E-state index in [1.165, 1.54) is 59.8 Å². The van der Waals surface area contributed by atoms with Gasteiger partial charge in [0.15, 0.2) is 0 Å². The third-order valence-electron chi connectivity index (χ3n) is 3.24. The molecule has 2 amide bonds. The zero-order chi connectivity index (χ0) is 30.6. The van der Waals surface area contributed by atoms with Gasteiger partial charge in [-0.05, 0) is 0 Å². The van der Waals surface area contributed by atoms with Gasteiger partial charge in [0.25, 0.3) is 0 Å². The minimum atomic E-state index is -0.502. The smallest absolute Gasteiger partial charge is 0.420 e. The van der Waals surface area contributed by atoms with Gasteiger partial charge in [0.1, 0.15) is 17.8 Å². The number of nitrogens with zero attached hydrogens (tertiary/aromatic N) is 2. The summed E-state index contributed by atoms with van der Waals surface area (Å²) in [6.45, 7) is 0. The van der Waals surface area contributed by atoms with Crippen LogP contribution in [0.1, 0.15) is 0 Å². The Morgan fingerprint density at radius 3 is 1.81 bits per heavy atom. The average molecular weight is 769 g/mol. The number of nitrogens with one attached hydrogen (secondary N) is 2. The predicted molar refractivity (Wildman–Crippen MR) is 186 cm³/mol. The lowest BCUT2D eigenvalue weighted by Crippen LogP contribution is -2.24. The highest BCUT2D eigenvalue weighted by Crippen LogP contribution is 2.13. The van der Waals surface area contributed by atoms with E-state index in [0.29, 0.717) is 34.5 Å². The van der Waals surface area contributed by atoms with Gasteiger partial charge in [-0.3, -0.25) is 0 Å². The van der Waals surface area contributed by atoms with Crippen molar-refractivity contribution in [2.45, 2.75) is 0 Å². The molecule has 0 aliphatic rings. The number of alkyl carbamates (subject to hydrolysis) is 1. The number of thioether (sulfide) groups is 8. The molecule has 0 bridgehead atoms. The van der Waals surface area contributed by atoms with Crippen LogP contribution in [-0.4, -0.2) is 122 Å². The molecule has 0 saturated carbocycles. The van der Waals surface area contributed by atoms with Crippen LogP contribution in [0.4, 0.5) is 9.59 Å². The highest BCUT2D eigenvalue weighted by molar-refractivity contribution is 8.15. The number of carbonyl (C=O) groups is 2. The number of aliphatic hydroxyl groups is 2. The fourth-order valence-electron chi connectivity index (χ4n) is 1.63. The van der Waals surface area contributed by atoms with Crippen LogP contribution in [0.5, 0.6) is 0 Å². The summed E-state index contributed by atoms with van der Waals surface area (Å²) in [4.78, 5) is 50.5. The number of rotatable bonds is 31. The van der Waals surface area contributed by atoms with Crippen molar-refractivity contribution in [3.63, 3.8) is 0 Å². The summed E-state index contributed by atoms with van der Waals surface area (Å²) in [6.07, 6.45) is 1.48. The summed E-state index contributed by atoms with van der Waals surface area (Å²) in [5.41, 5.74) is 0. The largest absolute Gasteiger partial charge is 0.438 e. The van der Waals surface area contributed by atoms with E-state index in [1.54, 1.807) is 47.0 Å². The second-order valence-electron chi connectivity index (χ2n) is 6.12. The maximum atomic E-state index is 11.6. The standard InChI is InChI=1S/C19H36N4O10S9/c24-11-38-16-41-15-32-30-6-21-8-34-1-3-36-9-22-18(26)28-13-40-14-31-29-5-20-7-35-2-4-37-10-23-19(27)33-42-17-39-12-25/h5-6,24-25H,1-4,7-17H2,(H,22,26)(H,23,27)/b20-5-,21-6-. The lowest BCUT2D eigenvalue weighted by Gasteiger charge is -2.06. The van der Waals surface area contributed by atoms with E-state index >= 15 is 0 Å². The minimum Gasteiger partial charge on any atom is -0.438 e. The van der Waals surface area contributed by atoms with Crippen molar-refractivity contribution < 1.29 is 48.3 Å². The Hall–Kier alpha value is 0.470. The van der Waals surface area contributed by atoms with E-state index in [-0.39, 0.29) is 23.8 Å². The first-order valence-corrected chi connectivity index (χ1v) is 21.7. The van der Waals surface area contributed by atoms with E-state index in [9.17, 15) is 9.59 Å². The van der Waals surface area contributed by atoms with Crippen LogP contribution in [0, 0.1) is 0 Å². The third kappa shape index (κ3) is 36.7. The molecule has 0 unspecified atom stereocenters. The lowest BCUT2D eigenvalue weighted by molar-refractivity contribution is -0.196. The summed E-state index contributed by atoms with van der Waals surface area (Å²) in [6, 6.07) is 0. The molecule has 4 N–H and O–H groups in total. The Balaban J connectivity index is 3.29. The topological polar surface area (TPSA) is 179 Å². The van der Waals surface area contributed by atoms with Gasteiger partial charge in [0, 0.05) is 28.1 Å². The van der Waals surface area contributed by atoms with Gasteiger partial charge in [0.2, 0.25) is 12.8 Å². The summed E-state index contributed by atoms with van der Waals surface area (Å²) in [7, 11) is 0. The van der Waals surface area contributed by atoms with Crippen LogP contribution in [0.2, 0.25) is 0 Å². The van der Waals surface area contributed by atoms with Crippen molar-refractivity contribution in [1.29, 1.82) is 0 Å². The number of aliphatic imine (C=N–C) groups is 2. The Bertz CT molecular complexity index is 682. The second kappa shape index (κ2) is 37.7. The quantitative estimate of drug-likeness (QED) is 0.0148. The van der Waals surface area contributed by atoms with Crippen molar-refractivity contribution in [3.8, 4) is 0 Å².